The van der Waals surface area contributed by atoms with Gasteiger partial charge in [0.1, 0.15) is 6.61 Å². The molecule has 1 aromatic heterocycles. The van der Waals surface area contributed by atoms with Gasteiger partial charge in [-0.2, -0.15) is 5.10 Å². The first-order chi connectivity index (χ1) is 14.7. The summed E-state index contributed by atoms with van der Waals surface area (Å²) in [6, 6.07) is 8.73. The van der Waals surface area contributed by atoms with Gasteiger partial charge in [-0.25, -0.2) is 5.43 Å². The number of hydrogen-bond acceptors (Lipinski definition) is 6. The van der Waals surface area contributed by atoms with Crippen molar-refractivity contribution >= 4 is 23.9 Å². The average molecular weight is 428 g/mol. The molecule has 1 aliphatic carbocycles. The summed E-state index contributed by atoms with van der Waals surface area (Å²) >= 11 is 1.40. The number of benzene rings is 1. The second-order valence-corrected chi connectivity index (χ2v) is 8.21. The SMILES string of the molecule is C/C=C\OC/C=N/NC(=O)CSc1nnc(-c2ccc(C)cc2)n1C1CCCCC1. The van der Waals surface area contributed by atoms with Gasteiger partial charge >= 0.3 is 0 Å². The van der Waals surface area contributed by atoms with Crippen LogP contribution in [-0.2, 0) is 9.53 Å². The van der Waals surface area contributed by atoms with Crippen LogP contribution >= 0.6 is 11.8 Å². The number of thioether (sulfide) groups is 1. The molecule has 0 spiro atoms. The van der Waals surface area contributed by atoms with Crippen molar-refractivity contribution in [3.8, 4) is 11.4 Å². The summed E-state index contributed by atoms with van der Waals surface area (Å²) in [5, 5.41) is 13.6. The van der Waals surface area contributed by atoms with Gasteiger partial charge in [-0.15, -0.1) is 10.2 Å². The fourth-order valence-corrected chi connectivity index (χ4v) is 4.25. The molecule has 1 aromatic carbocycles. The highest BCUT2D eigenvalue weighted by molar-refractivity contribution is 7.99. The number of allylic oxidation sites excluding steroid dienone is 1. The first kappa shape index (κ1) is 22.1. The minimum Gasteiger partial charge on any atom is -0.496 e. The quantitative estimate of drug-likeness (QED) is 0.209. The van der Waals surface area contributed by atoms with E-state index in [9.17, 15) is 4.79 Å². The molecule has 1 heterocycles. The maximum atomic E-state index is 12.1. The van der Waals surface area contributed by atoms with Gasteiger partial charge in [0, 0.05) is 11.6 Å². The molecule has 0 saturated heterocycles. The first-order valence-corrected chi connectivity index (χ1v) is 11.4. The Bertz CT molecular complexity index is 870. The van der Waals surface area contributed by atoms with Crippen LogP contribution < -0.4 is 5.43 Å². The molecule has 0 atom stereocenters. The molecule has 0 unspecified atom stereocenters. The Morgan fingerprint density at radius 3 is 2.77 bits per heavy atom. The van der Waals surface area contributed by atoms with E-state index in [2.05, 4.69) is 56.5 Å². The van der Waals surface area contributed by atoms with Gasteiger partial charge in [-0.05, 0) is 26.7 Å². The lowest BCUT2D eigenvalue weighted by atomic mass is 9.95. The highest BCUT2D eigenvalue weighted by atomic mass is 32.2. The molecular weight excluding hydrogens is 398 g/mol. The van der Waals surface area contributed by atoms with E-state index < -0.39 is 0 Å². The molecule has 8 heteroatoms. The van der Waals surface area contributed by atoms with E-state index >= 15 is 0 Å². The molecule has 0 aliphatic heterocycles. The zero-order valence-corrected chi connectivity index (χ0v) is 18.4. The maximum absolute atomic E-state index is 12.1. The molecule has 7 nitrogen and oxygen atoms in total. The Balaban J connectivity index is 1.68. The number of nitrogens with one attached hydrogen (secondary N) is 1. The molecule has 2 aromatic rings. The van der Waals surface area contributed by atoms with Gasteiger partial charge in [-0.3, -0.25) is 9.36 Å². The van der Waals surface area contributed by atoms with Crippen LogP contribution in [0.1, 0.15) is 50.6 Å². The fourth-order valence-electron chi connectivity index (χ4n) is 3.46. The van der Waals surface area contributed by atoms with E-state index in [-0.39, 0.29) is 11.7 Å². The van der Waals surface area contributed by atoms with Gasteiger partial charge in [0.15, 0.2) is 11.0 Å². The van der Waals surface area contributed by atoms with Crippen LogP contribution in [0.3, 0.4) is 0 Å². The van der Waals surface area contributed by atoms with Crippen molar-refractivity contribution in [3.05, 3.63) is 42.2 Å². The van der Waals surface area contributed by atoms with E-state index in [4.69, 9.17) is 4.74 Å². The first-order valence-electron chi connectivity index (χ1n) is 10.4. The van der Waals surface area contributed by atoms with Crippen LogP contribution in [0.25, 0.3) is 11.4 Å². The predicted octanol–water partition coefficient (Wildman–Crippen LogP) is 4.50. The lowest BCUT2D eigenvalue weighted by molar-refractivity contribution is -0.118. The Morgan fingerprint density at radius 1 is 1.27 bits per heavy atom. The smallest absolute Gasteiger partial charge is 0.250 e. The third-order valence-electron chi connectivity index (χ3n) is 4.93. The van der Waals surface area contributed by atoms with E-state index in [0.29, 0.717) is 12.6 Å². The summed E-state index contributed by atoms with van der Waals surface area (Å²) < 4.78 is 7.35. The van der Waals surface area contributed by atoms with Crippen LogP contribution in [0.5, 0.6) is 0 Å². The Labute approximate surface area is 182 Å². The molecule has 30 heavy (non-hydrogen) atoms. The molecule has 0 radical (unpaired) electrons. The number of nitrogens with zero attached hydrogens (tertiary/aromatic N) is 4. The number of aryl methyl sites for hydroxylation is 1. The van der Waals surface area contributed by atoms with Crippen molar-refractivity contribution in [3.63, 3.8) is 0 Å². The van der Waals surface area contributed by atoms with Crippen molar-refractivity contribution in [1.29, 1.82) is 0 Å². The van der Waals surface area contributed by atoms with Gasteiger partial charge in [0.05, 0.1) is 18.2 Å². The maximum Gasteiger partial charge on any atom is 0.250 e. The van der Waals surface area contributed by atoms with Crippen LogP contribution in [0, 0.1) is 6.92 Å². The number of rotatable bonds is 9. The second kappa shape index (κ2) is 11.5. The number of carbonyl (C=O) groups is 1. The zero-order chi connectivity index (χ0) is 21.2. The van der Waals surface area contributed by atoms with Crippen LogP contribution in [0.15, 0.2) is 46.9 Å². The lowest BCUT2D eigenvalue weighted by Crippen LogP contribution is -2.21. The van der Waals surface area contributed by atoms with Crippen molar-refractivity contribution in [2.45, 2.75) is 57.1 Å². The van der Waals surface area contributed by atoms with E-state index in [0.717, 1.165) is 29.4 Å². The molecule has 160 valence electrons. The topological polar surface area (TPSA) is 81.4 Å². The third kappa shape index (κ3) is 6.19. The van der Waals surface area contributed by atoms with Crippen molar-refractivity contribution in [1.82, 2.24) is 20.2 Å². The number of hydrogen-bond donors (Lipinski definition) is 1. The summed E-state index contributed by atoms with van der Waals surface area (Å²) in [7, 11) is 0. The van der Waals surface area contributed by atoms with Gasteiger partial charge in [0.2, 0.25) is 0 Å². The summed E-state index contributed by atoms with van der Waals surface area (Å²) in [4.78, 5) is 12.1. The Hall–Kier alpha value is -2.61. The summed E-state index contributed by atoms with van der Waals surface area (Å²) in [5.74, 6) is 0.924. The molecule has 1 saturated carbocycles. The highest BCUT2D eigenvalue weighted by Gasteiger charge is 2.24. The standard InChI is InChI=1S/C22H29N5O2S/c1-3-14-29-15-13-23-24-20(28)16-30-22-26-25-21(18-11-9-17(2)10-12-18)27(22)19-7-5-4-6-8-19/h3,9-14,19H,4-8,15-16H2,1-2H3,(H,24,28)/b14-3-,23-13+. The minimum atomic E-state index is -0.183. The number of ether oxygens (including phenoxy) is 1. The van der Waals surface area contributed by atoms with Crippen LogP contribution in [0.4, 0.5) is 0 Å². The van der Waals surface area contributed by atoms with E-state index in [1.54, 1.807) is 12.3 Å². The average Bonchev–Trinajstić information content (AvgIpc) is 3.20. The van der Waals surface area contributed by atoms with Gasteiger partial charge < -0.3 is 4.74 Å². The van der Waals surface area contributed by atoms with Crippen LogP contribution in [0.2, 0.25) is 0 Å². The zero-order valence-electron chi connectivity index (χ0n) is 17.6. The molecular formula is C22H29N5O2S. The monoisotopic (exact) mass is 427 g/mol. The number of amides is 1. The molecule has 0 bridgehead atoms. The summed E-state index contributed by atoms with van der Waals surface area (Å²) in [6.45, 7) is 4.25. The van der Waals surface area contributed by atoms with Crippen molar-refractivity contribution in [2.75, 3.05) is 12.4 Å². The molecule has 1 aliphatic rings. The largest absolute Gasteiger partial charge is 0.496 e. The number of carbonyl (C=O) groups excluding carboxylic acids is 1. The predicted molar refractivity (Wildman–Crippen MR) is 120 cm³/mol. The number of hydrazone groups is 1. The lowest BCUT2D eigenvalue weighted by Gasteiger charge is -2.25. The highest BCUT2D eigenvalue weighted by Crippen LogP contribution is 2.35. The molecule has 1 fully saturated rings. The Morgan fingerprint density at radius 2 is 2.03 bits per heavy atom. The van der Waals surface area contributed by atoms with E-state index in [1.807, 2.05) is 6.92 Å². The van der Waals surface area contributed by atoms with Gasteiger partial charge in [-0.1, -0.05) is 66.9 Å². The minimum absolute atomic E-state index is 0.183. The summed E-state index contributed by atoms with van der Waals surface area (Å²) in [5.41, 5.74) is 4.79. The van der Waals surface area contributed by atoms with Crippen molar-refractivity contribution < 1.29 is 9.53 Å². The second-order valence-electron chi connectivity index (χ2n) is 7.27. The molecule has 1 N–H and O–H groups in total. The fraction of sp³-hybridized carbons (Fsp3) is 0.455. The molecule has 3 rings (SSSR count). The third-order valence-corrected chi connectivity index (χ3v) is 5.87. The van der Waals surface area contributed by atoms with Crippen LogP contribution in [-0.4, -0.2) is 39.2 Å². The molecule has 1 amide bonds. The normalized spacial score (nSPS) is 15.1. The van der Waals surface area contributed by atoms with E-state index in [1.165, 1.54) is 42.8 Å². The summed E-state index contributed by atoms with van der Waals surface area (Å²) in [6.07, 6.45) is 10.8. The Kier molecular flexibility index (Phi) is 8.50. The number of aromatic nitrogens is 3. The van der Waals surface area contributed by atoms with Gasteiger partial charge in [0.25, 0.3) is 5.91 Å². The van der Waals surface area contributed by atoms with Crippen molar-refractivity contribution in [2.24, 2.45) is 5.10 Å².